The monoisotopic (exact) mass is 396 g/mol. The Hall–Kier alpha value is -2.72. The summed E-state index contributed by atoms with van der Waals surface area (Å²) in [4.78, 5) is 23.5. The normalized spacial score (nSPS) is 17.8. The molecule has 1 amide bonds. The molecule has 0 aliphatic carbocycles. The first kappa shape index (κ1) is 19.1. The first-order valence-corrected chi connectivity index (χ1v) is 9.56. The van der Waals surface area contributed by atoms with Crippen LogP contribution in [0.25, 0.3) is 0 Å². The number of carboxylic acid groups (broad SMARTS) is 1. The van der Waals surface area contributed by atoms with Gasteiger partial charge in [0.05, 0.1) is 5.69 Å². The molecule has 1 aliphatic heterocycles. The molecule has 1 fully saturated rings. The van der Waals surface area contributed by atoms with E-state index in [1.54, 1.807) is 13.0 Å². The number of amides is 1. The molecule has 1 aromatic heterocycles. The molecule has 0 bridgehead atoms. The Morgan fingerprint density at radius 2 is 2.04 bits per heavy atom. The van der Waals surface area contributed by atoms with Gasteiger partial charge in [-0.3, -0.25) is 4.79 Å². The van der Waals surface area contributed by atoms with Crippen LogP contribution >= 0.6 is 0 Å². The third-order valence-corrected chi connectivity index (χ3v) is 6.02. The summed E-state index contributed by atoms with van der Waals surface area (Å²) in [7, 11) is -4.21. The number of carboxylic acids is 1. The van der Waals surface area contributed by atoms with Crippen LogP contribution < -0.4 is 5.32 Å². The van der Waals surface area contributed by atoms with E-state index in [0.29, 0.717) is 6.42 Å². The molecule has 0 saturated carbocycles. The van der Waals surface area contributed by atoms with E-state index in [1.165, 1.54) is 12.1 Å². The number of rotatable bonds is 5. The Kier molecular flexibility index (Phi) is 5.03. The lowest BCUT2D eigenvalue weighted by atomic mass is 10.2. The van der Waals surface area contributed by atoms with Gasteiger partial charge in [-0.2, -0.15) is 4.31 Å². The fourth-order valence-electron chi connectivity index (χ4n) is 2.93. The van der Waals surface area contributed by atoms with Gasteiger partial charge in [0, 0.05) is 6.54 Å². The van der Waals surface area contributed by atoms with Gasteiger partial charge in [-0.25, -0.2) is 17.6 Å². The molecule has 2 N–H and O–H groups in total. The van der Waals surface area contributed by atoms with Crippen molar-refractivity contribution in [1.29, 1.82) is 0 Å². The number of carbonyl (C=O) groups is 2. The van der Waals surface area contributed by atoms with E-state index < -0.39 is 44.6 Å². The van der Waals surface area contributed by atoms with Crippen molar-refractivity contribution in [2.75, 3.05) is 11.9 Å². The van der Waals surface area contributed by atoms with Gasteiger partial charge in [0.1, 0.15) is 11.9 Å². The number of anilines is 1. The average molecular weight is 396 g/mol. The van der Waals surface area contributed by atoms with Crippen molar-refractivity contribution in [3.05, 3.63) is 47.5 Å². The quantitative estimate of drug-likeness (QED) is 0.800. The minimum atomic E-state index is -4.21. The smallest absolute Gasteiger partial charge is 0.371 e. The summed E-state index contributed by atoms with van der Waals surface area (Å²) in [5.74, 6) is -3.21. The van der Waals surface area contributed by atoms with Crippen LogP contribution in [0, 0.1) is 12.7 Å². The molecule has 0 spiro atoms. The summed E-state index contributed by atoms with van der Waals surface area (Å²) in [5.41, 5.74) is 0.704. The molecule has 10 heteroatoms. The third kappa shape index (κ3) is 3.71. The van der Waals surface area contributed by atoms with Crippen molar-refractivity contribution < 1.29 is 31.9 Å². The number of sulfonamides is 1. The summed E-state index contributed by atoms with van der Waals surface area (Å²) in [6.45, 7) is 1.80. The number of halogens is 1. The Morgan fingerprint density at radius 3 is 2.70 bits per heavy atom. The van der Waals surface area contributed by atoms with Crippen LogP contribution in [-0.4, -0.2) is 42.3 Å². The number of benzene rings is 1. The van der Waals surface area contributed by atoms with Gasteiger partial charge < -0.3 is 14.8 Å². The van der Waals surface area contributed by atoms with E-state index in [1.807, 2.05) is 0 Å². The summed E-state index contributed by atoms with van der Waals surface area (Å²) in [6.07, 6.45) is 0.686. The van der Waals surface area contributed by atoms with Crippen LogP contribution in [0.4, 0.5) is 10.1 Å². The Labute approximate surface area is 154 Å². The van der Waals surface area contributed by atoms with Gasteiger partial charge >= 0.3 is 5.97 Å². The molecule has 144 valence electrons. The summed E-state index contributed by atoms with van der Waals surface area (Å²) in [6, 6.07) is 5.23. The third-order valence-electron chi connectivity index (χ3n) is 4.24. The molecule has 1 saturated heterocycles. The van der Waals surface area contributed by atoms with E-state index in [4.69, 9.17) is 9.52 Å². The molecule has 1 aromatic carbocycles. The summed E-state index contributed by atoms with van der Waals surface area (Å²) >= 11 is 0. The number of aromatic carboxylic acids is 1. The highest BCUT2D eigenvalue weighted by Gasteiger charge is 2.41. The molecule has 3 rings (SSSR count). The van der Waals surface area contributed by atoms with Crippen molar-refractivity contribution >= 4 is 27.6 Å². The van der Waals surface area contributed by atoms with Crippen molar-refractivity contribution in [2.45, 2.75) is 30.9 Å². The summed E-state index contributed by atoms with van der Waals surface area (Å²) in [5, 5.41) is 10.8. The topological polar surface area (TPSA) is 117 Å². The van der Waals surface area contributed by atoms with Gasteiger partial charge in [-0.1, -0.05) is 6.07 Å². The lowest BCUT2D eigenvalue weighted by molar-refractivity contribution is -0.119. The first-order chi connectivity index (χ1) is 12.7. The van der Waals surface area contributed by atoms with Crippen molar-refractivity contribution in [3.8, 4) is 0 Å². The molecule has 1 atom stereocenters. The zero-order valence-corrected chi connectivity index (χ0v) is 15.1. The van der Waals surface area contributed by atoms with Crippen LogP contribution in [-0.2, 0) is 14.8 Å². The predicted octanol–water partition coefficient (Wildman–Crippen LogP) is 2.22. The molecule has 1 unspecified atom stereocenters. The molecule has 0 radical (unpaired) electrons. The van der Waals surface area contributed by atoms with Crippen LogP contribution in [0.1, 0.15) is 29.0 Å². The van der Waals surface area contributed by atoms with Crippen molar-refractivity contribution in [2.24, 2.45) is 0 Å². The van der Waals surface area contributed by atoms with Gasteiger partial charge in [-0.05, 0) is 49.6 Å². The number of aryl methyl sites for hydroxylation is 1. The second-order valence-electron chi connectivity index (χ2n) is 6.17. The maximum Gasteiger partial charge on any atom is 0.371 e. The molecule has 2 heterocycles. The van der Waals surface area contributed by atoms with Gasteiger partial charge in [0.15, 0.2) is 0 Å². The fourth-order valence-corrected chi connectivity index (χ4v) is 4.50. The van der Waals surface area contributed by atoms with E-state index in [9.17, 15) is 22.4 Å². The average Bonchev–Trinajstić information content (AvgIpc) is 3.27. The lowest BCUT2D eigenvalue weighted by Crippen LogP contribution is -2.43. The number of hydrogen-bond acceptors (Lipinski definition) is 5. The van der Waals surface area contributed by atoms with Gasteiger partial charge in [0.2, 0.25) is 16.8 Å². The van der Waals surface area contributed by atoms with E-state index in [2.05, 4.69) is 5.32 Å². The molecular formula is C17H17FN2O6S. The maximum absolute atomic E-state index is 13.9. The van der Waals surface area contributed by atoms with Gasteiger partial charge in [0.25, 0.3) is 10.0 Å². The van der Waals surface area contributed by atoms with E-state index >= 15 is 0 Å². The Balaban J connectivity index is 1.84. The van der Waals surface area contributed by atoms with Crippen LogP contribution in [0.5, 0.6) is 0 Å². The summed E-state index contributed by atoms with van der Waals surface area (Å²) < 4.78 is 45.2. The lowest BCUT2D eigenvalue weighted by Gasteiger charge is -2.22. The van der Waals surface area contributed by atoms with Crippen molar-refractivity contribution in [1.82, 2.24) is 4.31 Å². The second-order valence-corrected chi connectivity index (χ2v) is 7.99. The number of furan rings is 1. The largest absolute Gasteiger partial charge is 0.475 e. The zero-order chi connectivity index (χ0) is 19.8. The van der Waals surface area contributed by atoms with E-state index in [0.717, 1.165) is 22.0 Å². The Morgan fingerprint density at radius 1 is 1.30 bits per heavy atom. The molecular weight excluding hydrogens is 379 g/mol. The minimum Gasteiger partial charge on any atom is -0.475 e. The van der Waals surface area contributed by atoms with Crippen LogP contribution in [0.2, 0.25) is 0 Å². The number of nitrogens with zero attached hydrogens (tertiary/aromatic N) is 1. The highest BCUT2D eigenvalue weighted by Crippen LogP contribution is 2.28. The number of nitrogens with one attached hydrogen (secondary N) is 1. The zero-order valence-electron chi connectivity index (χ0n) is 14.3. The highest BCUT2D eigenvalue weighted by atomic mass is 32.2. The number of hydrogen-bond donors (Lipinski definition) is 2. The molecule has 2 aromatic rings. The molecule has 8 nitrogen and oxygen atoms in total. The Bertz CT molecular complexity index is 1000. The van der Waals surface area contributed by atoms with Crippen molar-refractivity contribution in [3.63, 3.8) is 0 Å². The second kappa shape index (κ2) is 7.12. The first-order valence-electron chi connectivity index (χ1n) is 8.12. The maximum atomic E-state index is 13.9. The van der Waals surface area contributed by atoms with Crippen LogP contribution in [0.15, 0.2) is 39.8 Å². The fraction of sp³-hybridized carbons (Fsp3) is 0.294. The highest BCUT2D eigenvalue weighted by molar-refractivity contribution is 7.89. The van der Waals surface area contributed by atoms with Crippen LogP contribution in [0.3, 0.4) is 0 Å². The standard InChI is InChI=1S/C17H17FN2O6S/c1-10-4-5-11(18)12(9-10)19-16(21)13-3-2-8-20(13)27(24,25)15-7-6-14(26-15)17(22)23/h4-7,9,13H,2-3,8H2,1H3,(H,19,21)(H,22,23). The van der Waals surface area contributed by atoms with E-state index in [-0.39, 0.29) is 18.7 Å². The SMILES string of the molecule is Cc1ccc(F)c(NC(=O)C2CCCN2S(=O)(=O)c2ccc(C(=O)O)o2)c1. The molecule has 1 aliphatic rings. The molecule has 27 heavy (non-hydrogen) atoms. The number of carbonyl (C=O) groups excluding carboxylic acids is 1. The predicted molar refractivity (Wildman–Crippen MR) is 92.3 cm³/mol. The van der Waals surface area contributed by atoms with Gasteiger partial charge in [-0.15, -0.1) is 0 Å². The minimum absolute atomic E-state index is 0.0320.